The van der Waals surface area contributed by atoms with Crippen molar-refractivity contribution in [1.29, 1.82) is 0 Å². The van der Waals surface area contributed by atoms with Crippen LogP contribution in [0.25, 0.3) is 0 Å². The van der Waals surface area contributed by atoms with Gasteiger partial charge >= 0.3 is 0 Å². The topological polar surface area (TPSA) is 54.0 Å². The van der Waals surface area contributed by atoms with E-state index in [0.29, 0.717) is 5.69 Å². The molecule has 4 nitrogen and oxygen atoms in total. The van der Waals surface area contributed by atoms with Gasteiger partial charge in [0.15, 0.2) is 0 Å². The fourth-order valence-electron chi connectivity index (χ4n) is 1.57. The predicted molar refractivity (Wildman–Crippen MR) is 80.5 cm³/mol. The lowest BCUT2D eigenvalue weighted by molar-refractivity contribution is 0.102. The highest BCUT2D eigenvalue weighted by Crippen LogP contribution is 2.15. The largest absolute Gasteiger partial charge is 0.384 e. The monoisotopic (exact) mass is 319 g/mol. The van der Waals surface area contributed by atoms with E-state index in [-0.39, 0.29) is 5.91 Å². The van der Waals surface area contributed by atoms with Crippen molar-refractivity contribution < 1.29 is 4.79 Å². The van der Waals surface area contributed by atoms with Crippen LogP contribution in [0.1, 0.15) is 17.4 Å². The van der Waals surface area contributed by atoms with Crippen molar-refractivity contribution in [2.75, 3.05) is 17.2 Å². The summed E-state index contributed by atoms with van der Waals surface area (Å²) in [5.41, 5.74) is 2.04. The zero-order valence-corrected chi connectivity index (χ0v) is 12.1. The second-order valence-corrected chi connectivity index (χ2v) is 4.84. The Morgan fingerprint density at radius 2 is 1.84 bits per heavy atom. The van der Waals surface area contributed by atoms with Crippen LogP contribution < -0.4 is 10.6 Å². The number of hydrogen-bond acceptors (Lipinski definition) is 3. The molecule has 0 saturated carbocycles. The number of hydrogen-bond donors (Lipinski definition) is 2. The van der Waals surface area contributed by atoms with E-state index in [0.717, 1.165) is 22.4 Å². The smallest absolute Gasteiger partial charge is 0.274 e. The normalized spacial score (nSPS) is 10.0. The Balaban J connectivity index is 2.05. The third-order valence-corrected chi connectivity index (χ3v) is 3.01. The average Bonchev–Trinajstić information content (AvgIpc) is 2.42. The number of pyridine rings is 1. The number of halogens is 1. The number of carbonyl (C=O) groups is 1. The number of aromatic nitrogens is 1. The van der Waals surface area contributed by atoms with Crippen molar-refractivity contribution in [2.24, 2.45) is 0 Å². The molecule has 0 aliphatic rings. The maximum absolute atomic E-state index is 12.0. The van der Waals surface area contributed by atoms with Crippen LogP contribution in [0.5, 0.6) is 0 Å². The molecule has 0 aliphatic heterocycles. The fraction of sp³-hybridized carbons (Fsp3) is 0.143. The Morgan fingerprint density at radius 1 is 1.16 bits per heavy atom. The van der Waals surface area contributed by atoms with E-state index >= 15 is 0 Å². The fourth-order valence-corrected chi connectivity index (χ4v) is 1.83. The third-order valence-electron chi connectivity index (χ3n) is 2.48. The van der Waals surface area contributed by atoms with Crippen molar-refractivity contribution in [2.45, 2.75) is 6.92 Å². The molecule has 0 radical (unpaired) electrons. The van der Waals surface area contributed by atoms with Crippen molar-refractivity contribution in [3.8, 4) is 0 Å². The molecule has 2 aromatic rings. The summed E-state index contributed by atoms with van der Waals surface area (Å²) in [6.45, 7) is 2.83. The molecule has 1 aromatic heterocycles. The van der Waals surface area contributed by atoms with E-state index in [4.69, 9.17) is 0 Å². The molecule has 2 rings (SSSR count). The molecule has 0 aliphatic carbocycles. The SMILES string of the molecule is CCNc1ccc(C(=O)Nc2ccc(Br)cc2)nc1. The lowest BCUT2D eigenvalue weighted by Gasteiger charge is -2.06. The predicted octanol–water partition coefficient (Wildman–Crippen LogP) is 3.53. The summed E-state index contributed by atoms with van der Waals surface area (Å²) < 4.78 is 0.971. The van der Waals surface area contributed by atoms with Crippen LogP contribution in [0.15, 0.2) is 47.1 Å². The number of amides is 1. The maximum Gasteiger partial charge on any atom is 0.274 e. The Bertz CT molecular complexity index is 552. The molecule has 1 aromatic carbocycles. The van der Waals surface area contributed by atoms with Gasteiger partial charge in [0, 0.05) is 16.7 Å². The van der Waals surface area contributed by atoms with Crippen LogP contribution in [-0.2, 0) is 0 Å². The second-order valence-electron chi connectivity index (χ2n) is 3.92. The first-order valence-corrected chi connectivity index (χ1v) is 6.75. The molecule has 0 unspecified atom stereocenters. The zero-order valence-electron chi connectivity index (χ0n) is 10.5. The van der Waals surface area contributed by atoms with Gasteiger partial charge in [0.1, 0.15) is 5.69 Å². The average molecular weight is 320 g/mol. The van der Waals surface area contributed by atoms with Crippen LogP contribution in [0.3, 0.4) is 0 Å². The molecule has 19 heavy (non-hydrogen) atoms. The van der Waals surface area contributed by atoms with Crippen LogP contribution in [0, 0.1) is 0 Å². The van der Waals surface area contributed by atoms with Gasteiger partial charge in [-0.2, -0.15) is 0 Å². The van der Waals surface area contributed by atoms with E-state index in [1.165, 1.54) is 0 Å². The van der Waals surface area contributed by atoms with Gasteiger partial charge in [-0.1, -0.05) is 15.9 Å². The van der Waals surface area contributed by atoms with E-state index in [9.17, 15) is 4.79 Å². The molecule has 0 spiro atoms. The third kappa shape index (κ3) is 3.79. The van der Waals surface area contributed by atoms with Crippen LogP contribution in [0.2, 0.25) is 0 Å². The number of nitrogens with one attached hydrogen (secondary N) is 2. The summed E-state index contributed by atoms with van der Waals surface area (Å²) >= 11 is 3.35. The molecule has 0 bridgehead atoms. The molecule has 0 fully saturated rings. The first kappa shape index (κ1) is 13.5. The standard InChI is InChI=1S/C14H14BrN3O/c1-2-16-12-7-8-13(17-9-12)14(19)18-11-5-3-10(15)4-6-11/h3-9,16H,2H2,1H3,(H,18,19). The van der Waals surface area contributed by atoms with Crippen molar-refractivity contribution in [3.05, 3.63) is 52.8 Å². The first-order chi connectivity index (χ1) is 9.19. The van der Waals surface area contributed by atoms with Crippen molar-refractivity contribution >= 4 is 33.2 Å². The summed E-state index contributed by atoms with van der Waals surface area (Å²) in [6.07, 6.45) is 1.65. The Morgan fingerprint density at radius 3 is 2.42 bits per heavy atom. The maximum atomic E-state index is 12.0. The minimum Gasteiger partial charge on any atom is -0.384 e. The number of anilines is 2. The molecule has 0 atom stereocenters. The van der Waals surface area contributed by atoms with Gasteiger partial charge in [-0.25, -0.2) is 4.98 Å². The molecule has 0 saturated heterocycles. The number of carbonyl (C=O) groups excluding carboxylic acids is 1. The number of benzene rings is 1. The van der Waals surface area contributed by atoms with Crippen molar-refractivity contribution in [1.82, 2.24) is 4.98 Å². The first-order valence-electron chi connectivity index (χ1n) is 5.96. The summed E-state index contributed by atoms with van der Waals surface area (Å²) in [6, 6.07) is 10.9. The highest BCUT2D eigenvalue weighted by Gasteiger charge is 2.07. The molecule has 5 heteroatoms. The quantitative estimate of drug-likeness (QED) is 0.906. The van der Waals surface area contributed by atoms with E-state index < -0.39 is 0 Å². The van der Waals surface area contributed by atoms with Gasteiger partial charge in [0.25, 0.3) is 5.91 Å². The van der Waals surface area contributed by atoms with Gasteiger partial charge in [0.05, 0.1) is 11.9 Å². The number of nitrogens with zero attached hydrogens (tertiary/aromatic N) is 1. The molecule has 1 amide bonds. The molecule has 98 valence electrons. The van der Waals surface area contributed by atoms with Crippen LogP contribution in [-0.4, -0.2) is 17.4 Å². The Hall–Kier alpha value is -1.88. The highest BCUT2D eigenvalue weighted by atomic mass is 79.9. The van der Waals surface area contributed by atoms with Gasteiger partial charge in [-0.3, -0.25) is 4.79 Å². The molecular formula is C14H14BrN3O. The molecule has 1 heterocycles. The minimum atomic E-state index is -0.217. The second kappa shape index (κ2) is 6.33. The van der Waals surface area contributed by atoms with E-state index in [1.807, 2.05) is 37.3 Å². The molecular weight excluding hydrogens is 306 g/mol. The minimum absolute atomic E-state index is 0.217. The summed E-state index contributed by atoms with van der Waals surface area (Å²) in [5.74, 6) is -0.217. The van der Waals surface area contributed by atoms with Crippen LogP contribution >= 0.6 is 15.9 Å². The van der Waals surface area contributed by atoms with Gasteiger partial charge < -0.3 is 10.6 Å². The van der Waals surface area contributed by atoms with E-state index in [1.54, 1.807) is 12.3 Å². The van der Waals surface area contributed by atoms with Gasteiger partial charge in [0.2, 0.25) is 0 Å². The molecule has 2 N–H and O–H groups in total. The summed E-state index contributed by atoms with van der Waals surface area (Å²) in [7, 11) is 0. The Labute approximate surface area is 120 Å². The lowest BCUT2D eigenvalue weighted by atomic mass is 10.3. The van der Waals surface area contributed by atoms with Gasteiger partial charge in [-0.05, 0) is 43.3 Å². The lowest BCUT2D eigenvalue weighted by Crippen LogP contribution is -2.13. The summed E-state index contributed by atoms with van der Waals surface area (Å²) in [5, 5.41) is 5.92. The number of rotatable bonds is 4. The van der Waals surface area contributed by atoms with Crippen LogP contribution in [0.4, 0.5) is 11.4 Å². The zero-order chi connectivity index (χ0) is 13.7. The summed E-state index contributed by atoms with van der Waals surface area (Å²) in [4.78, 5) is 16.1. The van der Waals surface area contributed by atoms with E-state index in [2.05, 4.69) is 31.5 Å². The van der Waals surface area contributed by atoms with Crippen molar-refractivity contribution in [3.63, 3.8) is 0 Å². The Kier molecular flexibility index (Phi) is 4.52. The highest BCUT2D eigenvalue weighted by molar-refractivity contribution is 9.10. The van der Waals surface area contributed by atoms with Gasteiger partial charge in [-0.15, -0.1) is 0 Å².